The van der Waals surface area contributed by atoms with Crippen molar-refractivity contribution in [3.8, 4) is 11.5 Å². The highest BCUT2D eigenvalue weighted by Crippen LogP contribution is 2.56. The molecule has 1 saturated heterocycles. The predicted octanol–water partition coefficient (Wildman–Crippen LogP) is 6.33. The fraction of sp³-hybridized carbons (Fsp3) is 0.345. The van der Waals surface area contributed by atoms with Gasteiger partial charge in [-0.1, -0.05) is 48.9 Å². The van der Waals surface area contributed by atoms with E-state index in [-0.39, 0.29) is 28.5 Å². The van der Waals surface area contributed by atoms with Crippen molar-refractivity contribution < 1.29 is 15.0 Å². The quantitative estimate of drug-likeness (QED) is 0.393. The molecule has 3 aromatic rings. The van der Waals surface area contributed by atoms with Gasteiger partial charge in [0, 0.05) is 15.7 Å². The van der Waals surface area contributed by atoms with Gasteiger partial charge in [0.05, 0.1) is 5.92 Å². The molecule has 2 N–H and O–H groups in total. The van der Waals surface area contributed by atoms with E-state index in [1.165, 1.54) is 37.9 Å². The van der Waals surface area contributed by atoms with E-state index in [2.05, 4.69) is 17.0 Å². The Morgan fingerprint density at radius 1 is 0.882 bits per heavy atom. The number of phenols is 2. The summed E-state index contributed by atoms with van der Waals surface area (Å²) in [5.41, 5.74) is 3.94. The molecule has 0 bridgehead atoms. The van der Waals surface area contributed by atoms with E-state index in [9.17, 15) is 15.0 Å². The Labute approximate surface area is 205 Å². The topological polar surface area (TPSA) is 60.8 Å². The van der Waals surface area contributed by atoms with E-state index in [0.717, 1.165) is 41.0 Å². The second kappa shape index (κ2) is 10.2. The number of aryl methyl sites for hydroxylation is 1. The fourth-order valence-electron chi connectivity index (χ4n) is 5.16. The van der Waals surface area contributed by atoms with Crippen molar-refractivity contribution in [2.24, 2.45) is 0 Å². The molecule has 0 radical (unpaired) electrons. The van der Waals surface area contributed by atoms with Crippen molar-refractivity contribution in [3.63, 3.8) is 0 Å². The van der Waals surface area contributed by atoms with E-state index in [0.29, 0.717) is 0 Å². The lowest BCUT2D eigenvalue weighted by molar-refractivity contribution is 0.0958. The van der Waals surface area contributed by atoms with E-state index in [1.807, 2.05) is 30.3 Å². The SMILES string of the molecule is O=C(c1ccc(CCCN2CCCCC2)cc1)C1c2ccc(O)cc2SC1c1ccc(O)cc1. The molecule has 1 fully saturated rings. The molecule has 0 amide bonds. The van der Waals surface area contributed by atoms with Gasteiger partial charge in [-0.2, -0.15) is 0 Å². The number of benzene rings is 3. The first kappa shape index (κ1) is 23.0. The van der Waals surface area contributed by atoms with Crippen LogP contribution in [-0.2, 0) is 6.42 Å². The minimum Gasteiger partial charge on any atom is -0.508 e. The molecule has 4 nitrogen and oxygen atoms in total. The summed E-state index contributed by atoms with van der Waals surface area (Å²) in [5, 5.41) is 19.6. The summed E-state index contributed by atoms with van der Waals surface area (Å²) in [5.74, 6) is 0.170. The molecule has 5 rings (SSSR count). The number of aromatic hydroxyl groups is 2. The van der Waals surface area contributed by atoms with Crippen molar-refractivity contribution in [1.29, 1.82) is 0 Å². The summed E-state index contributed by atoms with van der Waals surface area (Å²) in [6.45, 7) is 3.61. The summed E-state index contributed by atoms with van der Waals surface area (Å²) in [6, 6.07) is 20.5. The largest absolute Gasteiger partial charge is 0.508 e. The van der Waals surface area contributed by atoms with Crippen molar-refractivity contribution in [2.45, 2.75) is 48.2 Å². The molecule has 0 spiro atoms. The number of fused-ring (bicyclic) bond motifs is 1. The van der Waals surface area contributed by atoms with Crippen LogP contribution in [0.15, 0.2) is 71.6 Å². The van der Waals surface area contributed by atoms with Crippen molar-refractivity contribution in [2.75, 3.05) is 19.6 Å². The second-order valence-electron chi connectivity index (χ2n) is 9.40. The number of ketones is 1. The first-order valence-corrected chi connectivity index (χ1v) is 13.1. The van der Waals surface area contributed by atoms with Crippen LogP contribution < -0.4 is 0 Å². The maximum atomic E-state index is 13.7. The molecule has 2 heterocycles. The number of likely N-dealkylation sites (tertiary alicyclic amines) is 1. The van der Waals surface area contributed by atoms with Gasteiger partial charge in [-0.25, -0.2) is 0 Å². The third-order valence-electron chi connectivity index (χ3n) is 7.02. The third kappa shape index (κ3) is 5.01. The fourth-order valence-corrected chi connectivity index (χ4v) is 6.65. The molecular weight excluding hydrogens is 442 g/mol. The molecule has 2 aliphatic rings. The van der Waals surface area contributed by atoms with Crippen LogP contribution in [0.3, 0.4) is 0 Å². The Balaban J connectivity index is 1.32. The van der Waals surface area contributed by atoms with Gasteiger partial charge in [-0.05, 0) is 86.3 Å². The van der Waals surface area contributed by atoms with Crippen LogP contribution in [0.25, 0.3) is 0 Å². The van der Waals surface area contributed by atoms with E-state index >= 15 is 0 Å². The number of carbonyl (C=O) groups is 1. The summed E-state index contributed by atoms with van der Waals surface area (Å²) >= 11 is 1.60. The third-order valence-corrected chi connectivity index (χ3v) is 8.43. The zero-order valence-electron chi connectivity index (χ0n) is 19.3. The van der Waals surface area contributed by atoms with E-state index in [4.69, 9.17) is 0 Å². The number of hydrogen-bond donors (Lipinski definition) is 2. The van der Waals surface area contributed by atoms with Crippen LogP contribution in [0, 0.1) is 0 Å². The molecular formula is C29H31NO3S. The molecule has 176 valence electrons. The van der Waals surface area contributed by atoms with Gasteiger partial charge in [0.15, 0.2) is 5.78 Å². The number of nitrogens with zero attached hydrogens (tertiary/aromatic N) is 1. The number of carbonyl (C=O) groups excluding carboxylic acids is 1. The summed E-state index contributed by atoms with van der Waals surface area (Å²) in [6.07, 6.45) is 6.19. The Morgan fingerprint density at radius 2 is 1.59 bits per heavy atom. The van der Waals surface area contributed by atoms with Crippen molar-refractivity contribution >= 4 is 17.5 Å². The van der Waals surface area contributed by atoms with Crippen LogP contribution in [0.5, 0.6) is 11.5 Å². The summed E-state index contributed by atoms with van der Waals surface area (Å²) in [4.78, 5) is 17.2. The number of rotatable bonds is 7. The monoisotopic (exact) mass is 473 g/mol. The molecule has 2 atom stereocenters. The van der Waals surface area contributed by atoms with Gasteiger partial charge in [-0.15, -0.1) is 11.8 Å². The lowest BCUT2D eigenvalue weighted by Crippen LogP contribution is -2.30. The standard InChI is InChI=1S/C29H31NO3S/c31-23-12-10-22(11-13-23)29-27(25-15-14-24(32)19-26(25)34-29)28(33)21-8-6-20(7-9-21)5-4-18-30-16-2-1-3-17-30/h6-15,19,27,29,31-32H,1-5,16-18H2. The zero-order chi connectivity index (χ0) is 23.5. The highest BCUT2D eigenvalue weighted by atomic mass is 32.2. The Bertz CT molecular complexity index is 1140. The molecule has 0 aromatic heterocycles. The van der Waals surface area contributed by atoms with Gasteiger partial charge in [0.1, 0.15) is 11.5 Å². The first-order chi connectivity index (χ1) is 16.6. The van der Waals surface area contributed by atoms with E-state index < -0.39 is 0 Å². The number of thioether (sulfide) groups is 1. The maximum absolute atomic E-state index is 13.7. The smallest absolute Gasteiger partial charge is 0.171 e. The number of Topliss-reactive ketones (excluding diaryl/α,β-unsaturated/α-hetero) is 1. The minimum absolute atomic E-state index is 0.0925. The Morgan fingerprint density at radius 3 is 2.32 bits per heavy atom. The highest BCUT2D eigenvalue weighted by Gasteiger charge is 2.39. The summed E-state index contributed by atoms with van der Waals surface area (Å²) in [7, 11) is 0. The minimum atomic E-state index is -0.338. The molecule has 3 aromatic carbocycles. The zero-order valence-corrected chi connectivity index (χ0v) is 20.1. The average Bonchev–Trinajstić information content (AvgIpc) is 3.23. The Hall–Kier alpha value is -2.76. The molecule has 2 unspecified atom stereocenters. The van der Waals surface area contributed by atoms with Crippen molar-refractivity contribution in [1.82, 2.24) is 4.90 Å². The van der Waals surface area contributed by atoms with Gasteiger partial charge < -0.3 is 15.1 Å². The molecule has 34 heavy (non-hydrogen) atoms. The lowest BCUT2D eigenvalue weighted by Gasteiger charge is -2.26. The number of phenolic OH excluding ortho intramolecular Hbond substituents is 2. The second-order valence-corrected chi connectivity index (χ2v) is 10.6. The normalized spacial score (nSPS) is 20.2. The van der Waals surface area contributed by atoms with Crippen LogP contribution >= 0.6 is 11.8 Å². The predicted molar refractivity (Wildman–Crippen MR) is 137 cm³/mol. The Kier molecular flexibility index (Phi) is 6.93. The number of piperidine rings is 1. The van der Waals surface area contributed by atoms with Gasteiger partial charge in [0.25, 0.3) is 0 Å². The molecule has 2 aliphatic heterocycles. The summed E-state index contributed by atoms with van der Waals surface area (Å²) < 4.78 is 0. The molecule has 5 heteroatoms. The van der Waals surface area contributed by atoms with E-state index in [1.54, 1.807) is 36.0 Å². The van der Waals surface area contributed by atoms with Gasteiger partial charge >= 0.3 is 0 Å². The first-order valence-electron chi connectivity index (χ1n) is 12.2. The molecule has 0 saturated carbocycles. The average molecular weight is 474 g/mol. The van der Waals surface area contributed by atoms with Crippen LogP contribution in [0.4, 0.5) is 0 Å². The maximum Gasteiger partial charge on any atom is 0.171 e. The highest BCUT2D eigenvalue weighted by molar-refractivity contribution is 8.00. The van der Waals surface area contributed by atoms with Crippen LogP contribution in [0.2, 0.25) is 0 Å². The van der Waals surface area contributed by atoms with Crippen LogP contribution in [-0.4, -0.2) is 40.5 Å². The van der Waals surface area contributed by atoms with Gasteiger partial charge in [-0.3, -0.25) is 4.79 Å². The molecule has 0 aliphatic carbocycles. The lowest BCUT2D eigenvalue weighted by atomic mass is 9.85. The number of hydrogen-bond acceptors (Lipinski definition) is 5. The van der Waals surface area contributed by atoms with Gasteiger partial charge in [0.2, 0.25) is 0 Å². The van der Waals surface area contributed by atoms with Crippen molar-refractivity contribution in [3.05, 3.63) is 89.0 Å². The van der Waals surface area contributed by atoms with Crippen LogP contribution in [0.1, 0.15) is 63.9 Å².